The van der Waals surface area contributed by atoms with Gasteiger partial charge in [0, 0.05) is 36.7 Å². The zero-order valence-electron chi connectivity index (χ0n) is 22.7. The quantitative estimate of drug-likeness (QED) is 0.250. The molecule has 6 atom stereocenters. The molecule has 37 heavy (non-hydrogen) atoms. The molecule has 9 rings (SSSR count). The maximum atomic E-state index is 2.66. The van der Waals surface area contributed by atoms with Gasteiger partial charge < -0.3 is 4.90 Å². The van der Waals surface area contributed by atoms with Crippen LogP contribution >= 0.6 is 0 Å². The second kappa shape index (κ2) is 6.59. The summed E-state index contributed by atoms with van der Waals surface area (Å²) < 4.78 is 0. The van der Waals surface area contributed by atoms with Crippen molar-refractivity contribution < 1.29 is 0 Å². The standard InChI is InChI=1S/C35H36N2/c1-18-15-37-17-36(20(18)3)16-25-6-21-8-27-30(11-24(21)13-34(25)37)32-14-31(27)28-9-22-7-26-19(2)35(4,5)33(26)12-23(22)10-29(28)32/h6-13,18-20,31-32H,14-17H2,1-5H3. The summed E-state index contributed by atoms with van der Waals surface area (Å²) in [6, 6.07) is 20.9. The van der Waals surface area contributed by atoms with Crippen molar-refractivity contribution in [1.29, 1.82) is 0 Å². The minimum atomic E-state index is 0.299. The first-order valence-electron chi connectivity index (χ1n) is 14.5. The van der Waals surface area contributed by atoms with Crippen LogP contribution < -0.4 is 4.90 Å². The molecule has 2 heterocycles. The van der Waals surface area contributed by atoms with Crippen LogP contribution in [0.5, 0.6) is 0 Å². The molecule has 186 valence electrons. The van der Waals surface area contributed by atoms with Crippen LogP contribution in [0.2, 0.25) is 0 Å². The molecule has 1 saturated heterocycles. The Hall–Kier alpha value is -2.84. The van der Waals surface area contributed by atoms with E-state index < -0.39 is 0 Å². The molecule has 0 spiro atoms. The van der Waals surface area contributed by atoms with Crippen LogP contribution in [0.1, 0.15) is 97.7 Å². The highest BCUT2D eigenvalue weighted by Gasteiger charge is 2.44. The van der Waals surface area contributed by atoms with Crippen molar-refractivity contribution in [3.05, 3.63) is 87.5 Å². The molecule has 0 amide bonds. The molecule has 0 aromatic heterocycles. The highest BCUT2D eigenvalue weighted by molar-refractivity contribution is 5.92. The summed E-state index contributed by atoms with van der Waals surface area (Å²) >= 11 is 0. The zero-order valence-corrected chi connectivity index (χ0v) is 22.7. The molecule has 3 aliphatic carbocycles. The SMILES string of the molecule is CC1CN2CN(Cc3cc4cc5c(cc4cc32)C2CC5c3cc4cc5c(cc4cc32)C(C)(C)C5C)C1C. The number of benzene rings is 4. The molecular formula is C35H36N2. The Kier molecular flexibility index (Phi) is 3.76. The predicted molar refractivity (Wildman–Crippen MR) is 154 cm³/mol. The average Bonchev–Trinajstić information content (AvgIpc) is 3.43. The van der Waals surface area contributed by atoms with Gasteiger partial charge in [0.05, 0.1) is 6.67 Å². The van der Waals surface area contributed by atoms with Crippen LogP contribution in [0, 0.1) is 5.92 Å². The molecule has 2 heteroatoms. The summed E-state index contributed by atoms with van der Waals surface area (Å²) in [6.07, 6.45) is 1.26. The van der Waals surface area contributed by atoms with Gasteiger partial charge in [-0.05, 0) is 103 Å². The number of nitrogens with zero attached hydrogens (tertiary/aromatic N) is 2. The molecule has 4 bridgehead atoms. The molecule has 2 aliphatic heterocycles. The largest absolute Gasteiger partial charge is 0.358 e. The van der Waals surface area contributed by atoms with E-state index >= 15 is 0 Å². The van der Waals surface area contributed by atoms with Crippen LogP contribution in [-0.4, -0.2) is 24.2 Å². The Morgan fingerprint density at radius 2 is 1.27 bits per heavy atom. The minimum absolute atomic E-state index is 0.299. The number of rotatable bonds is 0. The lowest BCUT2D eigenvalue weighted by Crippen LogP contribution is -2.56. The van der Waals surface area contributed by atoms with Crippen LogP contribution in [0.25, 0.3) is 21.5 Å². The number of fused-ring (bicyclic) bond motifs is 15. The minimum Gasteiger partial charge on any atom is -0.358 e. The van der Waals surface area contributed by atoms with E-state index in [9.17, 15) is 0 Å². The van der Waals surface area contributed by atoms with E-state index in [0.29, 0.717) is 35.1 Å². The van der Waals surface area contributed by atoms with E-state index in [1.807, 2.05) is 0 Å². The molecule has 4 aromatic carbocycles. The van der Waals surface area contributed by atoms with Crippen molar-refractivity contribution in [2.45, 2.75) is 76.8 Å². The first kappa shape index (κ1) is 21.1. The lowest BCUT2D eigenvalue weighted by atomic mass is 9.58. The molecular weight excluding hydrogens is 448 g/mol. The van der Waals surface area contributed by atoms with E-state index in [4.69, 9.17) is 0 Å². The van der Waals surface area contributed by atoms with Gasteiger partial charge in [-0.15, -0.1) is 0 Å². The van der Waals surface area contributed by atoms with Crippen molar-refractivity contribution in [1.82, 2.24) is 4.90 Å². The predicted octanol–water partition coefficient (Wildman–Crippen LogP) is 7.99. The lowest BCUT2D eigenvalue weighted by molar-refractivity contribution is 0.112. The fourth-order valence-corrected chi connectivity index (χ4v) is 8.84. The molecule has 5 aliphatic rings. The van der Waals surface area contributed by atoms with E-state index in [-0.39, 0.29) is 0 Å². The third kappa shape index (κ3) is 2.51. The fraction of sp³-hybridized carbons (Fsp3) is 0.429. The average molecular weight is 485 g/mol. The molecule has 0 saturated carbocycles. The molecule has 0 N–H and O–H groups in total. The van der Waals surface area contributed by atoms with Gasteiger partial charge in [0.2, 0.25) is 0 Å². The lowest BCUT2D eigenvalue weighted by Gasteiger charge is -2.49. The molecule has 2 nitrogen and oxygen atoms in total. The Morgan fingerprint density at radius 3 is 1.95 bits per heavy atom. The van der Waals surface area contributed by atoms with Crippen molar-refractivity contribution in [2.75, 3.05) is 18.1 Å². The normalized spacial score (nSPS) is 31.6. The van der Waals surface area contributed by atoms with Crippen LogP contribution in [0.3, 0.4) is 0 Å². The van der Waals surface area contributed by atoms with Gasteiger partial charge >= 0.3 is 0 Å². The van der Waals surface area contributed by atoms with Crippen molar-refractivity contribution >= 4 is 27.2 Å². The van der Waals surface area contributed by atoms with Crippen LogP contribution in [0.15, 0.2) is 48.5 Å². The zero-order chi connectivity index (χ0) is 25.0. The van der Waals surface area contributed by atoms with E-state index in [2.05, 4.69) is 92.9 Å². The summed E-state index contributed by atoms with van der Waals surface area (Å²) in [5.74, 6) is 2.48. The maximum absolute atomic E-state index is 2.66. The van der Waals surface area contributed by atoms with Gasteiger partial charge in [-0.1, -0.05) is 64.1 Å². The summed E-state index contributed by atoms with van der Waals surface area (Å²) in [4.78, 5) is 5.29. The van der Waals surface area contributed by atoms with Gasteiger partial charge in [-0.25, -0.2) is 0 Å². The molecule has 1 fully saturated rings. The maximum Gasteiger partial charge on any atom is 0.0712 e. The van der Waals surface area contributed by atoms with Crippen LogP contribution in [-0.2, 0) is 12.0 Å². The van der Waals surface area contributed by atoms with Crippen molar-refractivity contribution in [3.8, 4) is 0 Å². The van der Waals surface area contributed by atoms with Crippen molar-refractivity contribution in [2.24, 2.45) is 5.92 Å². The molecule has 4 aromatic rings. The van der Waals surface area contributed by atoms with Crippen LogP contribution in [0.4, 0.5) is 5.69 Å². The third-order valence-corrected chi connectivity index (χ3v) is 11.6. The topological polar surface area (TPSA) is 6.48 Å². The summed E-state index contributed by atoms with van der Waals surface area (Å²) in [5, 5.41) is 5.76. The smallest absolute Gasteiger partial charge is 0.0712 e. The first-order chi connectivity index (χ1) is 17.8. The monoisotopic (exact) mass is 484 g/mol. The van der Waals surface area contributed by atoms with Gasteiger partial charge in [0.1, 0.15) is 0 Å². The number of hydrogen-bond donors (Lipinski definition) is 0. The fourth-order valence-electron chi connectivity index (χ4n) is 8.84. The van der Waals surface area contributed by atoms with Gasteiger partial charge in [-0.2, -0.15) is 0 Å². The summed E-state index contributed by atoms with van der Waals surface area (Å²) in [6.45, 7) is 15.4. The Bertz CT molecular complexity index is 1690. The number of hydrogen-bond acceptors (Lipinski definition) is 2. The second-order valence-corrected chi connectivity index (χ2v) is 13.7. The van der Waals surface area contributed by atoms with E-state index in [0.717, 1.165) is 13.2 Å². The van der Waals surface area contributed by atoms with E-state index in [1.54, 1.807) is 33.4 Å². The Balaban J connectivity index is 1.17. The van der Waals surface area contributed by atoms with Gasteiger partial charge in [0.25, 0.3) is 0 Å². The van der Waals surface area contributed by atoms with E-state index in [1.165, 1.54) is 45.8 Å². The Labute approximate surface area is 220 Å². The third-order valence-electron chi connectivity index (χ3n) is 11.6. The summed E-state index contributed by atoms with van der Waals surface area (Å²) in [5.41, 5.74) is 12.8. The number of anilines is 1. The summed E-state index contributed by atoms with van der Waals surface area (Å²) in [7, 11) is 0. The second-order valence-electron chi connectivity index (χ2n) is 13.7. The first-order valence-corrected chi connectivity index (χ1v) is 14.5. The Morgan fingerprint density at radius 1 is 0.703 bits per heavy atom. The van der Waals surface area contributed by atoms with Gasteiger partial charge in [0.15, 0.2) is 0 Å². The highest BCUT2D eigenvalue weighted by atomic mass is 15.4. The molecule has 0 radical (unpaired) electrons. The van der Waals surface area contributed by atoms with Crippen molar-refractivity contribution in [3.63, 3.8) is 0 Å². The molecule has 6 unspecified atom stereocenters. The highest BCUT2D eigenvalue weighted by Crippen LogP contribution is 2.59. The van der Waals surface area contributed by atoms with Gasteiger partial charge in [-0.3, -0.25) is 4.90 Å².